The highest BCUT2D eigenvalue weighted by molar-refractivity contribution is 7.52. The minimum atomic E-state index is -4.09. The van der Waals surface area contributed by atoms with Crippen LogP contribution in [0.3, 0.4) is 0 Å². The number of benzene rings is 2. The van der Waals surface area contributed by atoms with Crippen molar-refractivity contribution in [3.63, 3.8) is 0 Å². The Morgan fingerprint density at radius 1 is 1.12 bits per heavy atom. The molecule has 3 atom stereocenters. The van der Waals surface area contributed by atoms with E-state index >= 15 is 0 Å². The van der Waals surface area contributed by atoms with E-state index in [0.717, 1.165) is 29.3 Å². The van der Waals surface area contributed by atoms with E-state index in [1.165, 1.54) is 6.92 Å². The number of nitrogens with one attached hydrogen (secondary N) is 1. The number of rotatable bonds is 15. The molecule has 0 fully saturated rings. The van der Waals surface area contributed by atoms with Crippen LogP contribution in [0.1, 0.15) is 52.8 Å². The predicted molar refractivity (Wildman–Crippen MR) is 160 cm³/mol. The molecule has 1 amide bonds. The van der Waals surface area contributed by atoms with Crippen LogP contribution in [-0.4, -0.2) is 39.7 Å². The van der Waals surface area contributed by atoms with E-state index in [9.17, 15) is 9.36 Å². The van der Waals surface area contributed by atoms with Crippen LogP contribution in [0.4, 0.5) is 5.82 Å². The van der Waals surface area contributed by atoms with Gasteiger partial charge in [0.1, 0.15) is 23.7 Å². The number of anilines is 1. The first-order valence-corrected chi connectivity index (χ1v) is 15.3. The van der Waals surface area contributed by atoms with Crippen molar-refractivity contribution in [2.75, 3.05) is 18.9 Å². The predicted octanol–water partition coefficient (Wildman–Crippen LogP) is 5.28. The number of fused-ring (bicyclic) bond motifs is 3. The first-order chi connectivity index (χ1) is 19.6. The number of hydrogen-bond acceptors (Lipinski definition) is 8. The zero-order chi connectivity index (χ0) is 29.6. The van der Waals surface area contributed by atoms with Crippen LogP contribution in [0, 0.1) is 0 Å². The second-order valence-corrected chi connectivity index (χ2v) is 11.9. The number of unbranched alkanes of at least 4 members (excludes halogenated alkanes) is 1. The average molecular weight is 583 g/mol. The van der Waals surface area contributed by atoms with E-state index in [-0.39, 0.29) is 13.2 Å². The highest BCUT2D eigenvalue weighted by atomic mass is 31.2. The molecule has 0 saturated carbocycles. The minimum absolute atomic E-state index is 0.0449. The first-order valence-electron chi connectivity index (χ1n) is 13.8. The quantitative estimate of drug-likeness (QED) is 0.159. The molecule has 2 aromatic carbocycles. The van der Waals surface area contributed by atoms with Gasteiger partial charge in [-0.25, -0.2) is 14.5 Å². The summed E-state index contributed by atoms with van der Waals surface area (Å²) in [5.74, 6) is 0.591. The van der Waals surface area contributed by atoms with Gasteiger partial charge in [0, 0.05) is 12.0 Å². The second kappa shape index (κ2) is 13.0. The maximum Gasteiger partial charge on any atom is 0.459 e. The van der Waals surface area contributed by atoms with Gasteiger partial charge in [-0.05, 0) is 45.4 Å². The number of nitrogens with zero attached hydrogens (tertiary/aromatic N) is 3. The van der Waals surface area contributed by atoms with Crippen LogP contribution < -0.4 is 21.1 Å². The molecule has 4 rings (SSSR count). The van der Waals surface area contributed by atoms with Crippen molar-refractivity contribution >= 4 is 41.4 Å². The van der Waals surface area contributed by atoms with Crippen LogP contribution in [-0.2, 0) is 30.8 Å². The number of carbonyl (C=O) groups excluding carboxylic acids is 1. The number of primary amides is 1. The maximum absolute atomic E-state index is 14.1. The minimum Gasteiger partial charge on any atom is -0.413 e. The van der Waals surface area contributed by atoms with Gasteiger partial charge < -0.3 is 25.3 Å². The average Bonchev–Trinajstić information content (AvgIpc) is 3.36. The smallest absolute Gasteiger partial charge is 0.413 e. The molecule has 0 spiro atoms. The lowest BCUT2D eigenvalue weighted by molar-refractivity contribution is -0.119. The molecule has 0 aliphatic heterocycles. The van der Waals surface area contributed by atoms with E-state index in [2.05, 4.69) is 21.6 Å². The van der Waals surface area contributed by atoms with Gasteiger partial charge >= 0.3 is 7.75 Å². The largest absolute Gasteiger partial charge is 0.459 e. The lowest BCUT2D eigenvalue weighted by atomic mass is 9.94. The zero-order valence-corrected chi connectivity index (χ0v) is 24.9. The van der Waals surface area contributed by atoms with Gasteiger partial charge in [-0.3, -0.25) is 9.32 Å². The fraction of sp³-hybridized carbons (Fsp3) is 0.414. The lowest BCUT2D eigenvalue weighted by Gasteiger charge is -2.35. The van der Waals surface area contributed by atoms with Crippen LogP contribution in [0.25, 0.3) is 21.9 Å². The molecule has 11 nitrogen and oxygen atoms in total. The molecule has 2 heterocycles. The summed E-state index contributed by atoms with van der Waals surface area (Å²) in [6.07, 6.45) is 2.42. The number of amides is 1. The molecule has 0 unspecified atom stereocenters. The van der Waals surface area contributed by atoms with E-state index < -0.39 is 25.2 Å². The van der Waals surface area contributed by atoms with Crippen LogP contribution in [0.2, 0.25) is 0 Å². The van der Waals surface area contributed by atoms with Crippen molar-refractivity contribution in [2.24, 2.45) is 5.73 Å². The molecule has 0 bridgehead atoms. The Morgan fingerprint density at radius 2 is 1.83 bits per heavy atom. The monoisotopic (exact) mass is 582 g/mol. The molecule has 220 valence electrons. The van der Waals surface area contributed by atoms with Gasteiger partial charge in [0.05, 0.1) is 29.2 Å². The van der Waals surface area contributed by atoms with E-state index in [0.29, 0.717) is 35.9 Å². The molecule has 0 aliphatic rings. The Bertz CT molecular complexity index is 1550. The molecule has 0 aliphatic carbocycles. The SMILES string of the molecule is CCCC[C@@](C)(CO[P@](=O)(N[C@@H](C)C(N)=O)Oc1ccccc1)n1c(COCC)nc2c(N)nc3ccccc3c21. The standard InChI is InChI=1S/C29H39N6O5P/c1-5-7-17-29(4,19-39-41(37,34-20(3)28(31)36)40-21-13-9-8-10-14-21)35-24(18-38-6-2)33-25-26(35)22-15-11-12-16-23(22)32-27(25)30/h8-16,20H,5-7,17-19H2,1-4H3,(H2,30,32)(H2,31,36)(H,34,37)/t20-,29-,41+/m0/s1. The summed E-state index contributed by atoms with van der Waals surface area (Å²) in [6, 6.07) is 15.4. The molecule has 0 radical (unpaired) electrons. The molecule has 4 aromatic rings. The van der Waals surface area contributed by atoms with Gasteiger partial charge in [-0.1, -0.05) is 56.2 Å². The lowest BCUT2D eigenvalue weighted by Crippen LogP contribution is -2.41. The van der Waals surface area contributed by atoms with Crippen molar-refractivity contribution in [3.05, 3.63) is 60.4 Å². The van der Waals surface area contributed by atoms with E-state index in [1.54, 1.807) is 24.3 Å². The third-order valence-corrected chi connectivity index (χ3v) is 8.55. The Hall–Kier alpha value is -3.50. The normalized spacial score (nSPS) is 15.4. The number of para-hydroxylation sites is 2. The van der Waals surface area contributed by atoms with E-state index in [4.69, 9.17) is 30.2 Å². The molecule has 5 N–H and O–H groups in total. The van der Waals surface area contributed by atoms with Gasteiger partial charge in [0.2, 0.25) is 5.91 Å². The fourth-order valence-electron chi connectivity index (χ4n) is 4.76. The van der Waals surface area contributed by atoms with Crippen molar-refractivity contribution < 1.29 is 23.1 Å². The Morgan fingerprint density at radius 3 is 2.51 bits per heavy atom. The molecule has 12 heteroatoms. The van der Waals surface area contributed by atoms with Crippen molar-refractivity contribution in [1.29, 1.82) is 0 Å². The topological polar surface area (TPSA) is 157 Å². The van der Waals surface area contributed by atoms with Crippen LogP contribution in [0.5, 0.6) is 5.75 Å². The Balaban J connectivity index is 1.84. The van der Waals surface area contributed by atoms with E-state index in [1.807, 2.05) is 44.2 Å². The molecule has 2 aromatic heterocycles. The summed E-state index contributed by atoms with van der Waals surface area (Å²) in [5.41, 5.74) is 13.2. The van der Waals surface area contributed by atoms with Crippen molar-refractivity contribution in [3.8, 4) is 5.75 Å². The third-order valence-electron chi connectivity index (χ3n) is 6.93. The summed E-state index contributed by atoms with van der Waals surface area (Å²) in [4.78, 5) is 21.3. The Labute approximate surface area is 240 Å². The summed E-state index contributed by atoms with van der Waals surface area (Å²) in [7, 11) is -4.09. The Kier molecular flexibility index (Phi) is 9.65. The number of pyridine rings is 1. The van der Waals surface area contributed by atoms with Gasteiger partial charge in [-0.2, -0.15) is 5.09 Å². The van der Waals surface area contributed by atoms with Gasteiger partial charge in [0.25, 0.3) is 0 Å². The molecular weight excluding hydrogens is 543 g/mol. The van der Waals surface area contributed by atoms with Crippen LogP contribution >= 0.6 is 7.75 Å². The first kappa shape index (κ1) is 30.5. The summed E-state index contributed by atoms with van der Waals surface area (Å²) in [6.45, 7) is 8.23. The second-order valence-electron chi connectivity index (χ2n) is 10.2. The highest BCUT2D eigenvalue weighted by Crippen LogP contribution is 2.47. The number of hydrogen-bond donors (Lipinski definition) is 3. The number of ether oxygens (including phenoxy) is 1. The highest BCUT2D eigenvalue weighted by Gasteiger charge is 2.38. The van der Waals surface area contributed by atoms with Crippen LogP contribution in [0.15, 0.2) is 54.6 Å². The number of imidazole rings is 1. The number of nitrogen functional groups attached to an aromatic ring is 1. The number of nitrogens with two attached hydrogens (primary N) is 2. The molecular formula is C29H39N6O5P. The molecule has 0 saturated heterocycles. The zero-order valence-electron chi connectivity index (χ0n) is 24.0. The van der Waals surface area contributed by atoms with Crippen molar-refractivity contribution in [1.82, 2.24) is 19.6 Å². The molecule has 41 heavy (non-hydrogen) atoms. The summed E-state index contributed by atoms with van der Waals surface area (Å²) in [5, 5.41) is 3.57. The number of carbonyl (C=O) groups is 1. The van der Waals surface area contributed by atoms with Gasteiger partial charge in [-0.15, -0.1) is 0 Å². The number of aromatic nitrogens is 3. The summed E-state index contributed by atoms with van der Waals surface area (Å²) >= 11 is 0. The van der Waals surface area contributed by atoms with Crippen molar-refractivity contribution in [2.45, 2.75) is 65.1 Å². The van der Waals surface area contributed by atoms with Gasteiger partial charge in [0.15, 0.2) is 5.82 Å². The maximum atomic E-state index is 14.1. The fourth-order valence-corrected chi connectivity index (χ4v) is 6.39. The third kappa shape index (κ3) is 6.87. The summed E-state index contributed by atoms with van der Waals surface area (Å²) < 4.78 is 34.0.